The number of amides is 2. The van der Waals surface area contributed by atoms with Crippen LogP contribution in [0.3, 0.4) is 0 Å². The highest BCUT2D eigenvalue weighted by atomic mass is 16.5. The average Bonchev–Trinajstić information content (AvgIpc) is 2.70. The summed E-state index contributed by atoms with van der Waals surface area (Å²) in [5, 5.41) is 6.82. The summed E-state index contributed by atoms with van der Waals surface area (Å²) in [7, 11) is 3.12. The van der Waals surface area contributed by atoms with Crippen LogP contribution in [0.4, 0.5) is 5.69 Å². The third-order valence-electron chi connectivity index (χ3n) is 3.78. The summed E-state index contributed by atoms with van der Waals surface area (Å²) in [4.78, 5) is 23.8. The molecule has 2 amide bonds. The van der Waals surface area contributed by atoms with Gasteiger partial charge in [-0.1, -0.05) is 18.2 Å². The Balaban J connectivity index is 1.87. The number of carbonyl (C=O) groups is 2. The number of hydrogen-bond donors (Lipinski definition) is 2. The second-order valence-corrected chi connectivity index (χ2v) is 5.71. The molecule has 0 spiro atoms. The molecule has 0 radical (unpaired) electrons. The first-order valence-corrected chi connectivity index (χ1v) is 8.44. The van der Waals surface area contributed by atoms with Crippen LogP contribution in [-0.4, -0.2) is 31.7 Å². The van der Waals surface area contributed by atoms with E-state index in [9.17, 15) is 9.59 Å². The number of para-hydroxylation sites is 1. The summed E-state index contributed by atoms with van der Waals surface area (Å²) >= 11 is 0. The number of ether oxygens (including phenoxy) is 2. The fourth-order valence-electron chi connectivity index (χ4n) is 2.33. The Morgan fingerprint density at radius 1 is 0.963 bits per heavy atom. The molecule has 0 atom stereocenters. The van der Waals surface area contributed by atoms with Crippen molar-refractivity contribution in [2.45, 2.75) is 19.8 Å². The van der Waals surface area contributed by atoms with E-state index < -0.39 is 0 Å². The minimum atomic E-state index is -0.343. The molecule has 0 heterocycles. The molecule has 2 rings (SSSR count). The second kappa shape index (κ2) is 9.96. The van der Waals surface area contributed by atoms with E-state index in [1.54, 1.807) is 51.5 Å². The highest BCUT2D eigenvalue weighted by Crippen LogP contribution is 2.25. The van der Waals surface area contributed by atoms with E-state index >= 15 is 0 Å². The SMILES string of the molecule is COc1ccc(C(C)=NNC(=O)CCC(=O)Nc2ccccc2)c(OC)c1. The lowest BCUT2D eigenvalue weighted by atomic mass is 10.1. The second-order valence-electron chi connectivity index (χ2n) is 5.71. The van der Waals surface area contributed by atoms with Gasteiger partial charge in [0.2, 0.25) is 11.8 Å². The van der Waals surface area contributed by atoms with Gasteiger partial charge in [-0.25, -0.2) is 5.43 Å². The van der Waals surface area contributed by atoms with Crippen molar-refractivity contribution < 1.29 is 19.1 Å². The van der Waals surface area contributed by atoms with E-state index in [1.807, 2.05) is 18.2 Å². The molecule has 0 unspecified atom stereocenters. The summed E-state index contributed by atoms with van der Waals surface area (Å²) in [6.07, 6.45) is 0.107. The molecule has 2 aromatic carbocycles. The molecule has 0 saturated heterocycles. The van der Waals surface area contributed by atoms with Crippen molar-refractivity contribution in [3.05, 3.63) is 54.1 Å². The molecule has 2 N–H and O–H groups in total. The van der Waals surface area contributed by atoms with E-state index in [2.05, 4.69) is 15.8 Å². The molecule has 0 aromatic heterocycles. The number of hydrogen-bond acceptors (Lipinski definition) is 5. The fourth-order valence-corrected chi connectivity index (χ4v) is 2.33. The van der Waals surface area contributed by atoms with Crippen LogP contribution in [0.2, 0.25) is 0 Å². The van der Waals surface area contributed by atoms with Crippen LogP contribution in [0.5, 0.6) is 11.5 Å². The zero-order valence-electron chi connectivity index (χ0n) is 15.6. The predicted octanol–water partition coefficient (Wildman–Crippen LogP) is 2.96. The van der Waals surface area contributed by atoms with Crippen molar-refractivity contribution in [1.29, 1.82) is 0 Å². The zero-order chi connectivity index (χ0) is 19.6. The van der Waals surface area contributed by atoms with Gasteiger partial charge < -0.3 is 14.8 Å². The monoisotopic (exact) mass is 369 g/mol. The average molecular weight is 369 g/mol. The van der Waals surface area contributed by atoms with Gasteiger partial charge in [0.25, 0.3) is 0 Å². The van der Waals surface area contributed by atoms with Gasteiger partial charge in [-0.15, -0.1) is 0 Å². The first-order valence-electron chi connectivity index (χ1n) is 8.44. The zero-order valence-corrected chi connectivity index (χ0v) is 15.6. The van der Waals surface area contributed by atoms with Crippen molar-refractivity contribution in [3.63, 3.8) is 0 Å². The van der Waals surface area contributed by atoms with Gasteiger partial charge in [-0.3, -0.25) is 9.59 Å². The molecule has 7 nitrogen and oxygen atoms in total. The molecule has 0 aliphatic carbocycles. The molecule has 2 aromatic rings. The smallest absolute Gasteiger partial charge is 0.240 e. The number of nitrogens with zero attached hydrogens (tertiary/aromatic N) is 1. The van der Waals surface area contributed by atoms with Gasteiger partial charge in [0.15, 0.2) is 0 Å². The Morgan fingerprint density at radius 3 is 2.33 bits per heavy atom. The number of rotatable bonds is 8. The maximum absolute atomic E-state index is 11.9. The molecular weight excluding hydrogens is 346 g/mol. The van der Waals surface area contributed by atoms with E-state index in [0.717, 1.165) is 5.56 Å². The molecule has 7 heteroatoms. The number of nitrogens with one attached hydrogen (secondary N) is 2. The van der Waals surface area contributed by atoms with Crippen molar-refractivity contribution in [2.24, 2.45) is 5.10 Å². The van der Waals surface area contributed by atoms with Gasteiger partial charge >= 0.3 is 0 Å². The summed E-state index contributed by atoms with van der Waals surface area (Å²) in [5.41, 5.74) is 4.48. The third kappa shape index (κ3) is 6.14. The lowest BCUT2D eigenvalue weighted by Gasteiger charge is -2.10. The first-order chi connectivity index (χ1) is 13.0. The highest BCUT2D eigenvalue weighted by molar-refractivity contribution is 6.02. The molecule has 27 heavy (non-hydrogen) atoms. The minimum absolute atomic E-state index is 0.0369. The summed E-state index contributed by atoms with van der Waals surface area (Å²) in [6.45, 7) is 1.76. The number of anilines is 1. The first kappa shape index (κ1) is 20.0. The Morgan fingerprint density at radius 2 is 1.67 bits per heavy atom. The van der Waals surface area contributed by atoms with E-state index in [-0.39, 0.29) is 24.7 Å². The maximum Gasteiger partial charge on any atom is 0.240 e. The van der Waals surface area contributed by atoms with Gasteiger partial charge in [-0.05, 0) is 31.2 Å². The van der Waals surface area contributed by atoms with Gasteiger partial charge in [0.1, 0.15) is 11.5 Å². The largest absolute Gasteiger partial charge is 0.497 e. The standard InChI is InChI=1S/C20H23N3O4/c1-14(17-10-9-16(26-2)13-18(17)27-3)22-23-20(25)12-11-19(24)21-15-7-5-4-6-8-15/h4-10,13H,11-12H2,1-3H3,(H,21,24)(H,23,25). The van der Waals surface area contributed by atoms with Crippen LogP contribution < -0.4 is 20.2 Å². The quantitative estimate of drug-likeness (QED) is 0.553. The molecule has 0 saturated carbocycles. The fraction of sp³-hybridized carbons (Fsp3) is 0.250. The molecule has 0 fully saturated rings. The van der Waals surface area contributed by atoms with Gasteiger partial charge in [0, 0.05) is 30.2 Å². The van der Waals surface area contributed by atoms with Crippen molar-refractivity contribution in [1.82, 2.24) is 5.43 Å². The van der Waals surface area contributed by atoms with Crippen LogP contribution in [0.1, 0.15) is 25.3 Å². The van der Waals surface area contributed by atoms with Crippen LogP contribution in [-0.2, 0) is 9.59 Å². The van der Waals surface area contributed by atoms with E-state index in [1.165, 1.54) is 0 Å². The number of benzene rings is 2. The predicted molar refractivity (Wildman–Crippen MR) is 104 cm³/mol. The normalized spacial score (nSPS) is 10.9. The van der Waals surface area contributed by atoms with Crippen molar-refractivity contribution in [3.8, 4) is 11.5 Å². The van der Waals surface area contributed by atoms with E-state index in [4.69, 9.17) is 9.47 Å². The number of methoxy groups -OCH3 is 2. The van der Waals surface area contributed by atoms with Crippen LogP contribution in [0.15, 0.2) is 53.6 Å². The molecule has 0 aliphatic heterocycles. The Kier molecular flexibility index (Phi) is 7.37. The third-order valence-corrected chi connectivity index (χ3v) is 3.78. The Bertz CT molecular complexity index is 819. The van der Waals surface area contributed by atoms with Crippen molar-refractivity contribution in [2.75, 3.05) is 19.5 Å². The summed E-state index contributed by atoms with van der Waals surface area (Å²) in [6, 6.07) is 14.4. The van der Waals surface area contributed by atoms with Crippen LogP contribution in [0, 0.1) is 0 Å². The topological polar surface area (TPSA) is 89.0 Å². The summed E-state index contributed by atoms with van der Waals surface area (Å²) in [5.74, 6) is 0.683. The van der Waals surface area contributed by atoms with E-state index in [0.29, 0.717) is 22.9 Å². The molecular formula is C20H23N3O4. The van der Waals surface area contributed by atoms with Crippen LogP contribution >= 0.6 is 0 Å². The number of hydrazone groups is 1. The minimum Gasteiger partial charge on any atom is -0.497 e. The van der Waals surface area contributed by atoms with Crippen molar-refractivity contribution >= 4 is 23.2 Å². The number of carbonyl (C=O) groups excluding carboxylic acids is 2. The van der Waals surface area contributed by atoms with Crippen LogP contribution in [0.25, 0.3) is 0 Å². The molecule has 0 bridgehead atoms. The Hall–Kier alpha value is -3.35. The Labute approximate surface area is 158 Å². The summed E-state index contributed by atoms with van der Waals surface area (Å²) < 4.78 is 10.5. The molecule has 0 aliphatic rings. The highest BCUT2D eigenvalue weighted by Gasteiger charge is 2.10. The van der Waals surface area contributed by atoms with Gasteiger partial charge in [0.05, 0.1) is 19.9 Å². The maximum atomic E-state index is 11.9. The lowest BCUT2D eigenvalue weighted by Crippen LogP contribution is -2.21. The van der Waals surface area contributed by atoms with Gasteiger partial charge in [-0.2, -0.15) is 5.10 Å². The molecule has 142 valence electrons. The lowest BCUT2D eigenvalue weighted by molar-refractivity contribution is -0.124.